The number of aryl methyl sites for hydroxylation is 2. The van der Waals surface area contributed by atoms with Crippen molar-refractivity contribution in [3.05, 3.63) is 52.6 Å². The van der Waals surface area contributed by atoms with Gasteiger partial charge in [0.2, 0.25) is 0 Å². The van der Waals surface area contributed by atoms with E-state index in [9.17, 15) is 9.18 Å². The summed E-state index contributed by atoms with van der Waals surface area (Å²) in [6.07, 6.45) is 3.64. The summed E-state index contributed by atoms with van der Waals surface area (Å²) in [6.45, 7) is 7.51. The zero-order valence-electron chi connectivity index (χ0n) is 17.3. The highest BCUT2D eigenvalue weighted by molar-refractivity contribution is 5.95. The number of fused-ring (bicyclic) bond motifs is 1. The van der Waals surface area contributed by atoms with Gasteiger partial charge in [-0.15, -0.1) is 0 Å². The van der Waals surface area contributed by atoms with Gasteiger partial charge in [0.15, 0.2) is 0 Å². The highest BCUT2D eigenvalue weighted by Gasteiger charge is 2.28. The van der Waals surface area contributed by atoms with Crippen molar-refractivity contribution < 1.29 is 9.18 Å². The fraction of sp³-hybridized carbons (Fsp3) is 0.545. The third kappa shape index (κ3) is 4.51. The van der Waals surface area contributed by atoms with Crippen LogP contribution in [0.5, 0.6) is 0 Å². The minimum atomic E-state index is -0.155. The molecular weight excluding hydrogens is 369 g/mol. The van der Waals surface area contributed by atoms with Gasteiger partial charge in [0.1, 0.15) is 5.82 Å². The summed E-state index contributed by atoms with van der Waals surface area (Å²) in [5.74, 6) is 0.412. The van der Waals surface area contributed by atoms with Crippen molar-refractivity contribution in [2.75, 3.05) is 39.8 Å². The lowest BCUT2D eigenvalue weighted by molar-refractivity contribution is 0.0662. The zero-order chi connectivity index (χ0) is 20.4. The van der Waals surface area contributed by atoms with Gasteiger partial charge in [-0.25, -0.2) is 4.39 Å². The second-order valence-corrected chi connectivity index (χ2v) is 8.40. The molecule has 29 heavy (non-hydrogen) atoms. The third-order valence-corrected chi connectivity index (χ3v) is 6.20. The Labute approximate surface area is 171 Å². The predicted molar refractivity (Wildman–Crippen MR) is 110 cm³/mol. The van der Waals surface area contributed by atoms with Crippen LogP contribution in [0, 0.1) is 18.7 Å². The first-order valence-electron chi connectivity index (χ1n) is 10.5. The molecule has 1 saturated heterocycles. The maximum atomic E-state index is 13.7. The molecule has 1 atom stereocenters. The van der Waals surface area contributed by atoms with Gasteiger partial charge in [0.25, 0.3) is 5.91 Å². The van der Waals surface area contributed by atoms with Crippen LogP contribution in [-0.2, 0) is 19.5 Å². The van der Waals surface area contributed by atoms with Gasteiger partial charge in [-0.2, -0.15) is 5.10 Å². The number of hydrogen-bond acceptors (Lipinski definition) is 4. The van der Waals surface area contributed by atoms with Crippen LogP contribution in [0.15, 0.2) is 24.4 Å². The highest BCUT2D eigenvalue weighted by Crippen LogP contribution is 2.24. The van der Waals surface area contributed by atoms with Crippen LogP contribution in [0.3, 0.4) is 0 Å². The molecule has 7 heteroatoms. The lowest BCUT2D eigenvalue weighted by Gasteiger charge is -2.32. The Kier molecular flexibility index (Phi) is 5.96. The molecule has 1 aromatic heterocycles. The average Bonchev–Trinajstić information content (AvgIpc) is 3.14. The number of benzene rings is 1. The molecule has 2 aromatic rings. The Bertz CT molecular complexity index is 872. The van der Waals surface area contributed by atoms with Gasteiger partial charge in [0, 0.05) is 39.3 Å². The molecule has 1 aromatic carbocycles. The molecular formula is C22H30FN5O. The van der Waals surface area contributed by atoms with E-state index in [1.807, 2.05) is 21.7 Å². The maximum absolute atomic E-state index is 13.7. The summed E-state index contributed by atoms with van der Waals surface area (Å²) in [7, 11) is 2.09. The van der Waals surface area contributed by atoms with Crippen LogP contribution in [0.4, 0.5) is 4.39 Å². The average molecular weight is 400 g/mol. The number of likely N-dealkylation sites (N-methyl/N-ethyl adjacent to an activating group) is 1. The number of hydrogen-bond donors (Lipinski definition) is 1. The largest absolute Gasteiger partial charge is 0.336 e. The minimum absolute atomic E-state index is 0.114. The van der Waals surface area contributed by atoms with Crippen molar-refractivity contribution in [3.8, 4) is 0 Å². The topological polar surface area (TPSA) is 53.4 Å². The normalized spacial score (nSPS) is 20.0. The number of nitrogens with zero attached hydrogens (tertiary/aromatic N) is 4. The van der Waals surface area contributed by atoms with Crippen molar-refractivity contribution in [1.82, 2.24) is 24.9 Å². The number of amides is 1. The second kappa shape index (κ2) is 8.63. The molecule has 4 rings (SSSR count). The van der Waals surface area contributed by atoms with Gasteiger partial charge in [0.05, 0.1) is 17.5 Å². The Hall–Kier alpha value is -2.25. The number of nitrogens with one attached hydrogen (secondary N) is 1. The summed E-state index contributed by atoms with van der Waals surface area (Å²) >= 11 is 0. The third-order valence-electron chi connectivity index (χ3n) is 6.20. The van der Waals surface area contributed by atoms with E-state index in [0.717, 1.165) is 68.9 Å². The number of carbonyl (C=O) groups is 1. The minimum Gasteiger partial charge on any atom is -0.336 e. The van der Waals surface area contributed by atoms with E-state index < -0.39 is 0 Å². The lowest BCUT2D eigenvalue weighted by atomic mass is 9.94. The van der Waals surface area contributed by atoms with E-state index in [1.54, 1.807) is 19.2 Å². The Morgan fingerprint density at radius 2 is 2.03 bits per heavy atom. The van der Waals surface area contributed by atoms with Gasteiger partial charge in [-0.1, -0.05) is 12.1 Å². The molecule has 3 heterocycles. The van der Waals surface area contributed by atoms with Crippen molar-refractivity contribution in [1.29, 1.82) is 0 Å². The molecule has 1 fully saturated rings. The summed E-state index contributed by atoms with van der Waals surface area (Å²) in [5, 5.41) is 7.93. The Morgan fingerprint density at radius 3 is 2.79 bits per heavy atom. The van der Waals surface area contributed by atoms with Crippen LogP contribution in [-0.4, -0.2) is 65.3 Å². The van der Waals surface area contributed by atoms with Gasteiger partial charge >= 0.3 is 0 Å². The molecule has 0 radical (unpaired) electrons. The van der Waals surface area contributed by atoms with E-state index in [1.165, 1.54) is 0 Å². The molecule has 1 N–H and O–H groups in total. The van der Waals surface area contributed by atoms with Crippen LogP contribution in [0.25, 0.3) is 0 Å². The van der Waals surface area contributed by atoms with E-state index >= 15 is 0 Å². The van der Waals surface area contributed by atoms with Gasteiger partial charge < -0.3 is 15.1 Å². The van der Waals surface area contributed by atoms with Crippen LogP contribution in [0.2, 0.25) is 0 Å². The van der Waals surface area contributed by atoms with E-state index in [4.69, 9.17) is 0 Å². The summed E-state index contributed by atoms with van der Waals surface area (Å²) in [6, 6.07) is 5.39. The van der Waals surface area contributed by atoms with Crippen molar-refractivity contribution in [3.63, 3.8) is 0 Å². The number of rotatable bonds is 5. The molecule has 0 unspecified atom stereocenters. The van der Waals surface area contributed by atoms with Gasteiger partial charge in [-0.3, -0.25) is 9.48 Å². The Morgan fingerprint density at radius 1 is 1.24 bits per heavy atom. The number of aromatic nitrogens is 2. The van der Waals surface area contributed by atoms with E-state index in [0.29, 0.717) is 18.0 Å². The van der Waals surface area contributed by atoms with Gasteiger partial charge in [-0.05, 0) is 56.5 Å². The lowest BCUT2D eigenvalue weighted by Crippen LogP contribution is -2.47. The van der Waals surface area contributed by atoms with Crippen molar-refractivity contribution in [2.45, 2.75) is 32.9 Å². The first kappa shape index (κ1) is 20.0. The standard InChI is InChI=1S/C22H30FN5O/c1-16-3-4-17(11-20(16)23)13-24-14-18-5-6-28-21(12-18)19(15-25-28)22(29)27-9-7-26(2)8-10-27/h3-4,11,15,18,24H,5-10,12-14H2,1-2H3/t18-/m0/s1. The van der Waals surface area contributed by atoms with Crippen LogP contribution >= 0.6 is 0 Å². The number of halogens is 1. The maximum Gasteiger partial charge on any atom is 0.257 e. The summed E-state index contributed by atoms with van der Waals surface area (Å²) in [4.78, 5) is 17.2. The fourth-order valence-corrected chi connectivity index (χ4v) is 4.20. The smallest absolute Gasteiger partial charge is 0.257 e. The first-order valence-corrected chi connectivity index (χ1v) is 10.5. The first-order chi connectivity index (χ1) is 14.0. The molecule has 2 aliphatic rings. The predicted octanol–water partition coefficient (Wildman–Crippen LogP) is 2.07. The zero-order valence-corrected chi connectivity index (χ0v) is 17.3. The molecule has 0 bridgehead atoms. The van der Waals surface area contributed by atoms with Crippen molar-refractivity contribution >= 4 is 5.91 Å². The molecule has 6 nitrogen and oxygen atoms in total. The molecule has 1 amide bonds. The highest BCUT2D eigenvalue weighted by atomic mass is 19.1. The molecule has 156 valence electrons. The molecule has 0 saturated carbocycles. The van der Waals surface area contributed by atoms with E-state index in [2.05, 4.69) is 22.4 Å². The van der Waals surface area contributed by atoms with E-state index in [-0.39, 0.29) is 11.7 Å². The fourth-order valence-electron chi connectivity index (χ4n) is 4.20. The monoisotopic (exact) mass is 399 g/mol. The second-order valence-electron chi connectivity index (χ2n) is 8.40. The molecule has 0 aliphatic carbocycles. The summed E-state index contributed by atoms with van der Waals surface area (Å²) in [5.41, 5.74) is 3.46. The van der Waals surface area contributed by atoms with Crippen LogP contribution < -0.4 is 5.32 Å². The quantitative estimate of drug-likeness (QED) is 0.836. The molecule has 2 aliphatic heterocycles. The van der Waals surface area contributed by atoms with Crippen LogP contribution in [0.1, 0.15) is 33.6 Å². The Balaban J connectivity index is 1.35. The number of carbonyl (C=O) groups excluding carboxylic acids is 1. The summed E-state index contributed by atoms with van der Waals surface area (Å²) < 4.78 is 15.7. The van der Waals surface area contributed by atoms with Crippen molar-refractivity contribution in [2.24, 2.45) is 5.92 Å². The SMILES string of the molecule is Cc1ccc(CNC[C@H]2CCn3ncc(C(=O)N4CCN(C)CC4)c3C2)cc1F. The molecule has 0 spiro atoms. The number of piperazine rings is 1.